The lowest BCUT2D eigenvalue weighted by Crippen LogP contribution is -2.38. The van der Waals surface area contributed by atoms with E-state index in [1.54, 1.807) is 11.0 Å². The van der Waals surface area contributed by atoms with Gasteiger partial charge < -0.3 is 9.64 Å². The van der Waals surface area contributed by atoms with Gasteiger partial charge in [0.25, 0.3) is 0 Å². The van der Waals surface area contributed by atoms with Crippen LogP contribution in [-0.2, 0) is 27.5 Å². The Kier molecular flexibility index (Phi) is 7.18. The number of halogens is 1. The highest BCUT2D eigenvalue weighted by Gasteiger charge is 2.37. The fourth-order valence-corrected chi connectivity index (χ4v) is 4.78. The van der Waals surface area contributed by atoms with Crippen LogP contribution in [0.15, 0.2) is 84.1 Å². The molecular formula is C29H28ClNO3. The molecule has 0 saturated heterocycles. The number of hydrogen-bond donors (Lipinski definition) is 0. The zero-order chi connectivity index (χ0) is 24.2. The summed E-state index contributed by atoms with van der Waals surface area (Å²) in [6.45, 7) is 6.41. The molecule has 0 radical (unpaired) electrons. The summed E-state index contributed by atoms with van der Waals surface area (Å²) in [6, 6.07) is 23.2. The Hall–Kier alpha value is -3.37. The number of esters is 1. The van der Waals surface area contributed by atoms with E-state index in [4.69, 9.17) is 16.3 Å². The number of amides is 1. The van der Waals surface area contributed by atoms with Crippen LogP contribution in [0.3, 0.4) is 0 Å². The number of aryl methyl sites for hydroxylation is 2. The number of benzene rings is 3. The lowest BCUT2D eigenvalue weighted by Gasteiger charge is -2.35. The van der Waals surface area contributed by atoms with Gasteiger partial charge in [0.05, 0.1) is 12.1 Å². The first-order valence-electron chi connectivity index (χ1n) is 11.4. The highest BCUT2D eigenvalue weighted by Crippen LogP contribution is 2.39. The average Bonchev–Trinajstić information content (AvgIpc) is 2.81. The van der Waals surface area contributed by atoms with Crippen molar-refractivity contribution in [3.63, 3.8) is 0 Å². The van der Waals surface area contributed by atoms with Gasteiger partial charge in [0.1, 0.15) is 6.61 Å². The number of hydrogen-bond acceptors (Lipinski definition) is 3. The molecule has 4 rings (SSSR count). The van der Waals surface area contributed by atoms with Crippen molar-refractivity contribution in [3.05, 3.63) is 117 Å². The van der Waals surface area contributed by atoms with Gasteiger partial charge in [-0.05, 0) is 55.2 Å². The molecule has 34 heavy (non-hydrogen) atoms. The van der Waals surface area contributed by atoms with Crippen molar-refractivity contribution in [2.45, 2.75) is 46.3 Å². The zero-order valence-corrected chi connectivity index (χ0v) is 20.4. The van der Waals surface area contributed by atoms with Gasteiger partial charge >= 0.3 is 5.97 Å². The minimum atomic E-state index is -0.394. The molecule has 1 aliphatic rings. The van der Waals surface area contributed by atoms with Crippen molar-refractivity contribution in [1.82, 2.24) is 4.90 Å². The molecule has 0 spiro atoms. The lowest BCUT2D eigenvalue weighted by atomic mass is 9.81. The van der Waals surface area contributed by atoms with Gasteiger partial charge in [-0.15, -0.1) is 0 Å². The second-order valence-electron chi connectivity index (χ2n) is 8.79. The summed E-state index contributed by atoms with van der Waals surface area (Å²) in [5.41, 5.74) is 6.15. The number of carbonyl (C=O) groups excluding carboxylic acids is 2. The number of carbonyl (C=O) groups is 2. The van der Waals surface area contributed by atoms with Crippen molar-refractivity contribution in [3.8, 4) is 0 Å². The Morgan fingerprint density at radius 3 is 2.41 bits per heavy atom. The number of ether oxygens (including phenoxy) is 1. The van der Waals surface area contributed by atoms with E-state index in [1.807, 2.05) is 81.4 Å². The second-order valence-corrected chi connectivity index (χ2v) is 9.22. The monoisotopic (exact) mass is 473 g/mol. The summed E-state index contributed by atoms with van der Waals surface area (Å²) in [5, 5.41) is 0.610. The van der Waals surface area contributed by atoms with Gasteiger partial charge in [-0.3, -0.25) is 4.79 Å². The Morgan fingerprint density at radius 2 is 1.71 bits per heavy atom. The van der Waals surface area contributed by atoms with E-state index in [2.05, 4.69) is 6.07 Å². The summed E-state index contributed by atoms with van der Waals surface area (Å²) < 4.78 is 5.75. The third-order valence-corrected chi connectivity index (χ3v) is 6.52. The predicted molar refractivity (Wildman–Crippen MR) is 134 cm³/mol. The molecule has 1 heterocycles. The summed E-state index contributed by atoms with van der Waals surface area (Å²) >= 11 is 6.16. The van der Waals surface area contributed by atoms with Crippen LogP contribution < -0.4 is 0 Å². The van der Waals surface area contributed by atoms with Crippen LogP contribution in [0.1, 0.15) is 47.1 Å². The first-order valence-corrected chi connectivity index (χ1v) is 11.7. The molecule has 1 unspecified atom stereocenters. The molecule has 0 fully saturated rings. The van der Waals surface area contributed by atoms with Crippen LogP contribution in [0.4, 0.5) is 0 Å². The molecule has 0 N–H and O–H groups in total. The third-order valence-electron chi connectivity index (χ3n) is 6.29. The van der Waals surface area contributed by atoms with Gasteiger partial charge in [0.2, 0.25) is 5.91 Å². The molecule has 1 aliphatic heterocycles. The fourth-order valence-electron chi connectivity index (χ4n) is 4.57. The topological polar surface area (TPSA) is 46.6 Å². The Labute approximate surface area is 205 Å². The number of nitrogens with zero attached hydrogens (tertiary/aromatic N) is 1. The van der Waals surface area contributed by atoms with Crippen molar-refractivity contribution in [2.75, 3.05) is 0 Å². The summed E-state index contributed by atoms with van der Waals surface area (Å²) in [7, 11) is 0. The van der Waals surface area contributed by atoms with Gasteiger partial charge in [0.15, 0.2) is 0 Å². The Morgan fingerprint density at radius 1 is 0.971 bits per heavy atom. The molecule has 4 nitrogen and oxygen atoms in total. The van der Waals surface area contributed by atoms with Crippen LogP contribution in [0.5, 0.6) is 0 Å². The predicted octanol–water partition coefficient (Wildman–Crippen LogP) is 6.49. The minimum absolute atomic E-state index is 0.0259. The molecule has 3 aromatic rings. The van der Waals surface area contributed by atoms with E-state index in [-0.39, 0.29) is 24.9 Å². The Balaban J connectivity index is 1.71. The minimum Gasteiger partial charge on any atom is -0.457 e. The lowest BCUT2D eigenvalue weighted by molar-refractivity contribution is -0.141. The maximum absolute atomic E-state index is 13.5. The van der Waals surface area contributed by atoms with Crippen molar-refractivity contribution in [2.24, 2.45) is 0 Å². The highest BCUT2D eigenvalue weighted by atomic mass is 35.5. The summed E-state index contributed by atoms with van der Waals surface area (Å²) in [4.78, 5) is 28.4. The smallest absolute Gasteiger partial charge is 0.336 e. The van der Waals surface area contributed by atoms with Crippen molar-refractivity contribution < 1.29 is 14.3 Å². The molecule has 0 aliphatic carbocycles. The van der Waals surface area contributed by atoms with Crippen molar-refractivity contribution in [1.29, 1.82) is 0 Å². The van der Waals surface area contributed by atoms with Crippen LogP contribution in [0, 0.1) is 13.8 Å². The van der Waals surface area contributed by atoms with E-state index in [0.29, 0.717) is 22.8 Å². The quantitative estimate of drug-likeness (QED) is 0.384. The third kappa shape index (κ3) is 5.23. The summed E-state index contributed by atoms with van der Waals surface area (Å²) in [6.07, 6.45) is 0.206. The standard InChI is InChI=1S/C29H28ClNO3/c1-19-12-13-25(20(2)14-19)26-16-27(32)31(17-23-10-7-11-24(30)15-23)21(3)28(26)29(33)34-18-22-8-5-4-6-9-22/h4-15,26H,16-18H2,1-3H3. The van der Waals surface area contributed by atoms with Gasteiger partial charge in [-0.2, -0.15) is 0 Å². The highest BCUT2D eigenvalue weighted by molar-refractivity contribution is 6.30. The zero-order valence-electron chi connectivity index (χ0n) is 19.7. The molecule has 0 bridgehead atoms. The first-order chi connectivity index (χ1) is 16.3. The molecular weight excluding hydrogens is 446 g/mol. The second kappa shape index (κ2) is 10.3. The van der Waals surface area contributed by atoms with Gasteiger partial charge in [0, 0.05) is 23.1 Å². The van der Waals surface area contributed by atoms with E-state index >= 15 is 0 Å². The molecule has 0 aromatic heterocycles. The van der Waals surface area contributed by atoms with Crippen LogP contribution >= 0.6 is 11.6 Å². The molecule has 1 amide bonds. The average molecular weight is 474 g/mol. The first kappa shape index (κ1) is 23.8. The van der Waals surface area contributed by atoms with Crippen LogP contribution in [0.2, 0.25) is 5.02 Å². The van der Waals surface area contributed by atoms with E-state index in [0.717, 1.165) is 27.8 Å². The van der Waals surface area contributed by atoms with Gasteiger partial charge in [-0.25, -0.2) is 4.79 Å². The maximum Gasteiger partial charge on any atom is 0.336 e. The summed E-state index contributed by atoms with van der Waals surface area (Å²) in [5.74, 6) is -0.774. The SMILES string of the molecule is CC1=C(C(=O)OCc2ccccc2)C(c2ccc(C)cc2C)CC(=O)N1Cc1cccc(Cl)c1. The maximum atomic E-state index is 13.5. The van der Waals surface area contributed by atoms with Gasteiger partial charge in [-0.1, -0.05) is 77.8 Å². The molecule has 174 valence electrons. The van der Waals surface area contributed by atoms with E-state index < -0.39 is 5.97 Å². The number of rotatable bonds is 6. The number of allylic oxidation sites excluding steroid dienone is 1. The van der Waals surface area contributed by atoms with Crippen LogP contribution in [-0.4, -0.2) is 16.8 Å². The molecule has 0 saturated carbocycles. The van der Waals surface area contributed by atoms with E-state index in [1.165, 1.54) is 0 Å². The molecule has 5 heteroatoms. The largest absolute Gasteiger partial charge is 0.457 e. The molecule has 1 atom stereocenters. The van der Waals surface area contributed by atoms with Crippen LogP contribution in [0.25, 0.3) is 0 Å². The molecule has 3 aromatic carbocycles. The van der Waals surface area contributed by atoms with E-state index in [9.17, 15) is 9.59 Å². The van der Waals surface area contributed by atoms with Crippen molar-refractivity contribution >= 4 is 23.5 Å². The normalized spacial score (nSPS) is 16.1. The fraction of sp³-hybridized carbons (Fsp3) is 0.241. The Bertz CT molecular complexity index is 1250.